The Morgan fingerprint density at radius 2 is 2.00 bits per heavy atom. The van der Waals surface area contributed by atoms with Gasteiger partial charge in [-0.25, -0.2) is 0 Å². The Balaban J connectivity index is 2.11. The number of Topliss-reactive ketones (excluding diaryl/α,β-unsaturated/α-hetero) is 1. The van der Waals surface area contributed by atoms with Crippen molar-refractivity contribution < 1.29 is 4.79 Å². The van der Waals surface area contributed by atoms with Crippen LogP contribution in [0, 0.1) is 5.41 Å². The molecule has 2 aliphatic rings. The number of carbonyl (C=O) groups excluding carboxylic acids is 1. The van der Waals surface area contributed by atoms with Crippen LogP contribution in [0.25, 0.3) is 0 Å². The van der Waals surface area contributed by atoms with Gasteiger partial charge < -0.3 is 0 Å². The summed E-state index contributed by atoms with van der Waals surface area (Å²) < 4.78 is 0. The lowest BCUT2D eigenvalue weighted by Crippen LogP contribution is -2.39. The summed E-state index contributed by atoms with van der Waals surface area (Å²) in [5.74, 6) is 0.443. The fourth-order valence-electron chi connectivity index (χ4n) is 2.95. The number of rotatable bonds is 0. The van der Waals surface area contributed by atoms with Gasteiger partial charge in [0.2, 0.25) is 0 Å². The molecule has 0 aromatic carbocycles. The van der Waals surface area contributed by atoms with Gasteiger partial charge >= 0.3 is 0 Å². The lowest BCUT2D eigenvalue weighted by atomic mass is 9.65. The lowest BCUT2D eigenvalue weighted by Gasteiger charge is -2.43. The van der Waals surface area contributed by atoms with Crippen molar-refractivity contribution in [1.82, 2.24) is 0 Å². The van der Waals surface area contributed by atoms with E-state index in [1.54, 1.807) is 0 Å². The third-order valence-electron chi connectivity index (χ3n) is 3.73. The molecule has 0 unspecified atom stereocenters. The van der Waals surface area contributed by atoms with Crippen molar-refractivity contribution >= 4 is 17.4 Å². The van der Waals surface area contributed by atoms with E-state index in [1.165, 1.54) is 25.7 Å². The highest BCUT2D eigenvalue weighted by Gasteiger charge is 2.42. The minimum absolute atomic E-state index is 0.204. The Labute approximate surface area is 84.8 Å². The van der Waals surface area contributed by atoms with Crippen LogP contribution in [0.1, 0.15) is 51.4 Å². The molecule has 2 rings (SSSR count). The average molecular weight is 201 g/mol. The van der Waals surface area contributed by atoms with Gasteiger partial charge in [-0.3, -0.25) is 4.79 Å². The summed E-state index contributed by atoms with van der Waals surface area (Å²) in [7, 11) is 0. The van der Waals surface area contributed by atoms with Crippen LogP contribution < -0.4 is 0 Å². The van der Waals surface area contributed by atoms with E-state index in [2.05, 4.69) is 0 Å². The van der Waals surface area contributed by atoms with E-state index < -0.39 is 0 Å². The van der Waals surface area contributed by atoms with Gasteiger partial charge in [-0.2, -0.15) is 0 Å². The van der Waals surface area contributed by atoms with Crippen molar-refractivity contribution in [3.8, 4) is 0 Å². The predicted molar refractivity (Wildman–Crippen MR) is 54.0 cm³/mol. The largest absolute Gasteiger partial charge is 0.300 e. The van der Waals surface area contributed by atoms with Gasteiger partial charge in [0.15, 0.2) is 0 Å². The molecule has 2 heteroatoms. The van der Waals surface area contributed by atoms with Crippen LogP contribution in [0.15, 0.2) is 0 Å². The van der Waals surface area contributed by atoms with Crippen molar-refractivity contribution in [2.45, 2.75) is 56.7 Å². The highest BCUT2D eigenvalue weighted by molar-refractivity contribution is 6.21. The van der Waals surface area contributed by atoms with E-state index in [-0.39, 0.29) is 10.8 Å². The molecule has 0 aromatic rings. The van der Waals surface area contributed by atoms with Gasteiger partial charge in [-0.1, -0.05) is 12.8 Å². The summed E-state index contributed by atoms with van der Waals surface area (Å²) in [5.41, 5.74) is 0.204. The van der Waals surface area contributed by atoms with Crippen LogP contribution in [0.4, 0.5) is 0 Å². The first-order valence-corrected chi connectivity index (χ1v) is 5.82. The molecule has 0 heterocycles. The number of alkyl halides is 1. The van der Waals surface area contributed by atoms with Gasteiger partial charge in [-0.15, -0.1) is 11.6 Å². The zero-order chi connectivity index (χ0) is 9.31. The van der Waals surface area contributed by atoms with Crippen molar-refractivity contribution in [3.63, 3.8) is 0 Å². The Morgan fingerprint density at radius 1 is 1.23 bits per heavy atom. The second-order valence-corrected chi connectivity index (χ2v) is 5.17. The van der Waals surface area contributed by atoms with Crippen LogP contribution >= 0.6 is 11.6 Å². The molecule has 0 amide bonds. The van der Waals surface area contributed by atoms with E-state index in [0.29, 0.717) is 5.78 Å². The van der Waals surface area contributed by atoms with Crippen molar-refractivity contribution in [1.29, 1.82) is 0 Å². The maximum absolute atomic E-state index is 11.4. The van der Waals surface area contributed by atoms with Gasteiger partial charge in [0.25, 0.3) is 0 Å². The normalized spacial score (nSPS) is 41.0. The summed E-state index contributed by atoms with van der Waals surface area (Å²) >= 11 is 6.37. The SMILES string of the molecule is O=C1CCC[C@@]2(CCCC[C@@H]2Cl)C1. The first kappa shape index (κ1) is 9.51. The number of carbonyl (C=O) groups is 1. The molecular formula is C11H17ClO. The molecule has 0 N–H and O–H groups in total. The fraction of sp³-hybridized carbons (Fsp3) is 0.909. The molecule has 74 valence electrons. The molecule has 0 aliphatic heterocycles. The molecule has 2 atom stereocenters. The summed E-state index contributed by atoms with van der Waals surface area (Å²) in [6, 6.07) is 0. The number of ketones is 1. The molecule has 2 aliphatic carbocycles. The standard InChI is InChI=1S/C11H17ClO/c12-10-5-1-2-6-11(10)7-3-4-9(13)8-11/h10H,1-8H2/t10-,11-/m0/s1. The minimum Gasteiger partial charge on any atom is -0.300 e. The maximum Gasteiger partial charge on any atom is 0.133 e. The number of hydrogen-bond donors (Lipinski definition) is 0. The van der Waals surface area contributed by atoms with Gasteiger partial charge in [0.05, 0.1) is 0 Å². The summed E-state index contributed by atoms with van der Waals surface area (Å²) in [6.07, 6.45) is 8.66. The minimum atomic E-state index is 0.204. The quantitative estimate of drug-likeness (QED) is 0.549. The van der Waals surface area contributed by atoms with Crippen molar-refractivity contribution in [2.75, 3.05) is 0 Å². The van der Waals surface area contributed by atoms with E-state index in [9.17, 15) is 4.79 Å². The Kier molecular flexibility index (Phi) is 2.64. The first-order valence-electron chi connectivity index (χ1n) is 5.39. The second-order valence-electron chi connectivity index (χ2n) is 4.64. The third kappa shape index (κ3) is 1.76. The molecule has 0 saturated heterocycles. The van der Waals surface area contributed by atoms with Gasteiger partial charge in [-0.05, 0) is 31.1 Å². The van der Waals surface area contributed by atoms with Gasteiger partial charge in [0, 0.05) is 18.2 Å². The summed E-state index contributed by atoms with van der Waals surface area (Å²) in [4.78, 5) is 11.4. The van der Waals surface area contributed by atoms with Crippen LogP contribution in [0.2, 0.25) is 0 Å². The first-order chi connectivity index (χ1) is 6.23. The van der Waals surface area contributed by atoms with Crippen molar-refractivity contribution in [3.05, 3.63) is 0 Å². The second kappa shape index (κ2) is 3.61. The molecule has 1 spiro atoms. The van der Waals surface area contributed by atoms with E-state index in [0.717, 1.165) is 25.7 Å². The molecule has 0 bridgehead atoms. The third-order valence-corrected chi connectivity index (χ3v) is 4.41. The van der Waals surface area contributed by atoms with E-state index in [4.69, 9.17) is 11.6 Å². The van der Waals surface area contributed by atoms with Crippen LogP contribution in [-0.4, -0.2) is 11.2 Å². The summed E-state index contributed by atoms with van der Waals surface area (Å²) in [5, 5.41) is 0.269. The summed E-state index contributed by atoms with van der Waals surface area (Å²) in [6.45, 7) is 0. The van der Waals surface area contributed by atoms with Crippen LogP contribution in [-0.2, 0) is 4.79 Å². The predicted octanol–water partition coefficient (Wildman–Crippen LogP) is 3.30. The lowest BCUT2D eigenvalue weighted by molar-refractivity contribution is -0.124. The molecule has 0 aromatic heterocycles. The highest BCUT2D eigenvalue weighted by Crippen LogP contribution is 2.48. The zero-order valence-electron chi connectivity index (χ0n) is 8.02. The molecule has 0 radical (unpaired) electrons. The Hall–Kier alpha value is -0.0400. The topological polar surface area (TPSA) is 17.1 Å². The fourth-order valence-corrected chi connectivity index (χ4v) is 3.40. The van der Waals surface area contributed by atoms with E-state index >= 15 is 0 Å². The monoisotopic (exact) mass is 200 g/mol. The molecule has 2 fully saturated rings. The van der Waals surface area contributed by atoms with Crippen molar-refractivity contribution in [2.24, 2.45) is 5.41 Å². The number of halogens is 1. The maximum atomic E-state index is 11.4. The Bertz CT molecular complexity index is 210. The molecular weight excluding hydrogens is 184 g/mol. The molecule has 1 nitrogen and oxygen atoms in total. The smallest absolute Gasteiger partial charge is 0.133 e. The number of hydrogen-bond acceptors (Lipinski definition) is 1. The Morgan fingerprint density at radius 3 is 2.69 bits per heavy atom. The highest BCUT2D eigenvalue weighted by atomic mass is 35.5. The van der Waals surface area contributed by atoms with Crippen LogP contribution in [0.5, 0.6) is 0 Å². The molecule has 2 saturated carbocycles. The van der Waals surface area contributed by atoms with Gasteiger partial charge in [0.1, 0.15) is 5.78 Å². The molecule has 13 heavy (non-hydrogen) atoms. The van der Waals surface area contributed by atoms with E-state index in [1.807, 2.05) is 0 Å². The van der Waals surface area contributed by atoms with Crippen LogP contribution in [0.3, 0.4) is 0 Å². The average Bonchev–Trinajstić information content (AvgIpc) is 2.11. The zero-order valence-corrected chi connectivity index (χ0v) is 8.78.